The number of amides is 1. The third-order valence-corrected chi connectivity index (χ3v) is 6.00. The van der Waals surface area contributed by atoms with Crippen molar-refractivity contribution >= 4 is 29.1 Å². The van der Waals surface area contributed by atoms with Crippen LogP contribution < -0.4 is 9.64 Å². The summed E-state index contributed by atoms with van der Waals surface area (Å²) < 4.78 is 10.8. The normalized spacial score (nSPS) is 16.6. The second kappa shape index (κ2) is 11.2. The van der Waals surface area contributed by atoms with Crippen LogP contribution in [0.3, 0.4) is 0 Å². The highest BCUT2D eigenvalue weighted by Gasteiger charge is 2.47. The highest BCUT2D eigenvalue weighted by Crippen LogP contribution is 2.42. The molecule has 0 aromatic heterocycles. The number of ether oxygens (including phenoxy) is 2. The van der Waals surface area contributed by atoms with Crippen LogP contribution in [0.15, 0.2) is 78.4 Å². The van der Waals surface area contributed by atoms with Crippen LogP contribution in [0.5, 0.6) is 11.5 Å². The summed E-state index contributed by atoms with van der Waals surface area (Å²) >= 11 is 0. The average molecular weight is 516 g/mol. The van der Waals surface area contributed by atoms with E-state index < -0.39 is 23.7 Å². The van der Waals surface area contributed by atoms with Gasteiger partial charge in [0.2, 0.25) is 0 Å². The lowest BCUT2D eigenvalue weighted by atomic mass is 9.95. The molecule has 1 saturated heterocycles. The van der Waals surface area contributed by atoms with Gasteiger partial charge in [-0.2, -0.15) is 0 Å². The zero-order valence-corrected chi connectivity index (χ0v) is 21.4. The van der Waals surface area contributed by atoms with Crippen LogP contribution in [0.25, 0.3) is 5.76 Å². The van der Waals surface area contributed by atoms with Gasteiger partial charge in [-0.1, -0.05) is 38.1 Å². The van der Waals surface area contributed by atoms with Crippen LogP contribution in [-0.2, 0) is 14.3 Å². The zero-order valence-electron chi connectivity index (χ0n) is 21.4. The van der Waals surface area contributed by atoms with Gasteiger partial charge in [0.1, 0.15) is 17.3 Å². The van der Waals surface area contributed by atoms with Crippen molar-refractivity contribution in [2.24, 2.45) is 5.92 Å². The Morgan fingerprint density at radius 2 is 1.66 bits per heavy atom. The number of aliphatic hydroxyl groups is 1. The van der Waals surface area contributed by atoms with Crippen molar-refractivity contribution in [1.29, 1.82) is 0 Å². The molecule has 0 spiro atoms. The van der Waals surface area contributed by atoms with Gasteiger partial charge in [-0.05, 0) is 66.9 Å². The van der Waals surface area contributed by atoms with Gasteiger partial charge in [-0.25, -0.2) is 4.79 Å². The van der Waals surface area contributed by atoms with Gasteiger partial charge < -0.3 is 19.7 Å². The molecule has 4 rings (SSSR count). The van der Waals surface area contributed by atoms with E-state index in [1.165, 1.54) is 29.2 Å². The molecule has 8 heteroatoms. The molecule has 2 N–H and O–H groups in total. The van der Waals surface area contributed by atoms with Crippen LogP contribution in [-0.4, -0.2) is 41.1 Å². The van der Waals surface area contributed by atoms with Crippen molar-refractivity contribution in [3.63, 3.8) is 0 Å². The number of phenolic OH excluding ortho intramolecular Hbond substituents is 1. The van der Waals surface area contributed by atoms with E-state index in [4.69, 9.17) is 9.47 Å². The molecular weight excluding hydrogens is 486 g/mol. The number of nitrogens with zero attached hydrogens (tertiary/aromatic N) is 1. The number of aromatic hydroxyl groups is 1. The lowest BCUT2D eigenvalue weighted by molar-refractivity contribution is -0.132. The number of hydrogen-bond acceptors (Lipinski definition) is 7. The number of aliphatic hydroxyl groups excluding tert-OH is 1. The fourth-order valence-corrected chi connectivity index (χ4v) is 4.19. The molecule has 0 bridgehead atoms. The van der Waals surface area contributed by atoms with Crippen molar-refractivity contribution in [3.05, 3.63) is 95.1 Å². The van der Waals surface area contributed by atoms with Crippen molar-refractivity contribution in [1.82, 2.24) is 0 Å². The van der Waals surface area contributed by atoms with Crippen LogP contribution in [0.2, 0.25) is 0 Å². The number of Topliss-reactive ketones (excluding diaryl/α,β-unsaturated/α-hetero) is 1. The maximum Gasteiger partial charge on any atom is 0.338 e. The zero-order chi connectivity index (χ0) is 27.4. The molecule has 3 aromatic rings. The SMILES string of the molecule is CCOC(=O)c1ccc(N2C(=O)C(=O)/C(=C(/O)c3cccc(OCC(C)C)c3)C2c2ccc(O)cc2)cc1. The van der Waals surface area contributed by atoms with E-state index in [2.05, 4.69) is 0 Å². The third-order valence-electron chi connectivity index (χ3n) is 6.00. The van der Waals surface area contributed by atoms with Crippen molar-refractivity contribution in [2.45, 2.75) is 26.8 Å². The Labute approximate surface area is 220 Å². The molecule has 38 heavy (non-hydrogen) atoms. The molecule has 3 aromatic carbocycles. The number of benzene rings is 3. The third kappa shape index (κ3) is 5.39. The largest absolute Gasteiger partial charge is 0.508 e. The second-order valence-electron chi connectivity index (χ2n) is 9.26. The Hall–Kier alpha value is -4.59. The number of carbonyl (C=O) groups excluding carboxylic acids is 3. The summed E-state index contributed by atoms with van der Waals surface area (Å²) in [4.78, 5) is 40.0. The van der Waals surface area contributed by atoms with Crippen LogP contribution in [0.1, 0.15) is 48.3 Å². The van der Waals surface area contributed by atoms with E-state index in [9.17, 15) is 24.6 Å². The Morgan fingerprint density at radius 1 is 0.974 bits per heavy atom. The molecular formula is C30H29NO7. The van der Waals surface area contributed by atoms with Gasteiger partial charge >= 0.3 is 5.97 Å². The minimum Gasteiger partial charge on any atom is -0.508 e. The first kappa shape index (κ1) is 26.5. The van der Waals surface area contributed by atoms with Crippen LogP contribution in [0.4, 0.5) is 5.69 Å². The first-order chi connectivity index (χ1) is 18.2. The Balaban J connectivity index is 1.81. The molecule has 0 aliphatic carbocycles. The topological polar surface area (TPSA) is 113 Å². The predicted octanol–water partition coefficient (Wildman–Crippen LogP) is 5.23. The van der Waals surface area contributed by atoms with E-state index >= 15 is 0 Å². The molecule has 1 aliphatic heterocycles. The van der Waals surface area contributed by atoms with Gasteiger partial charge in [0.15, 0.2) is 0 Å². The molecule has 1 atom stereocenters. The smallest absolute Gasteiger partial charge is 0.338 e. The summed E-state index contributed by atoms with van der Waals surface area (Å²) in [5.74, 6) is -1.71. The second-order valence-corrected chi connectivity index (χ2v) is 9.26. The maximum atomic E-state index is 13.4. The number of esters is 1. The number of phenols is 1. The highest BCUT2D eigenvalue weighted by atomic mass is 16.5. The number of ketones is 1. The molecule has 1 fully saturated rings. The van der Waals surface area contributed by atoms with Crippen molar-refractivity contribution < 1.29 is 34.1 Å². The number of carbonyl (C=O) groups is 3. The summed E-state index contributed by atoms with van der Waals surface area (Å²) in [5.41, 5.74) is 1.38. The van der Waals surface area contributed by atoms with E-state index in [1.807, 2.05) is 13.8 Å². The van der Waals surface area contributed by atoms with Crippen molar-refractivity contribution in [2.75, 3.05) is 18.1 Å². The van der Waals surface area contributed by atoms with Crippen LogP contribution >= 0.6 is 0 Å². The standard InChI is InChI=1S/C30H29NO7/c1-4-37-30(36)20-8-12-22(13-9-20)31-26(19-10-14-23(32)15-11-19)25(28(34)29(31)35)27(33)21-6-5-7-24(16-21)38-17-18(2)3/h5-16,18,26,32-33H,4,17H2,1-3H3/b27-25+. The minimum atomic E-state index is -0.982. The highest BCUT2D eigenvalue weighted by molar-refractivity contribution is 6.51. The lowest BCUT2D eigenvalue weighted by Crippen LogP contribution is -2.29. The number of anilines is 1. The molecule has 8 nitrogen and oxygen atoms in total. The molecule has 1 amide bonds. The number of rotatable bonds is 8. The average Bonchev–Trinajstić information content (AvgIpc) is 3.18. The molecule has 1 unspecified atom stereocenters. The summed E-state index contributed by atoms with van der Waals surface area (Å²) in [7, 11) is 0. The Bertz CT molecular complexity index is 1370. The van der Waals surface area contributed by atoms with E-state index in [0.29, 0.717) is 40.7 Å². The maximum absolute atomic E-state index is 13.4. The summed E-state index contributed by atoms with van der Waals surface area (Å²) in [6, 6.07) is 17.9. The molecule has 1 aliphatic rings. The van der Waals surface area contributed by atoms with Gasteiger partial charge in [0.05, 0.1) is 30.4 Å². The Morgan fingerprint density at radius 3 is 2.29 bits per heavy atom. The van der Waals surface area contributed by atoms with E-state index in [-0.39, 0.29) is 23.7 Å². The summed E-state index contributed by atoms with van der Waals surface area (Å²) in [5, 5.41) is 21.2. The van der Waals surface area contributed by atoms with Gasteiger partial charge in [0, 0.05) is 11.3 Å². The van der Waals surface area contributed by atoms with Crippen molar-refractivity contribution in [3.8, 4) is 11.5 Å². The fraction of sp³-hybridized carbons (Fsp3) is 0.233. The Kier molecular flexibility index (Phi) is 7.81. The fourth-order valence-electron chi connectivity index (χ4n) is 4.19. The lowest BCUT2D eigenvalue weighted by Gasteiger charge is -2.25. The molecule has 196 valence electrons. The van der Waals surface area contributed by atoms with Gasteiger partial charge in [-0.15, -0.1) is 0 Å². The molecule has 0 radical (unpaired) electrons. The predicted molar refractivity (Wildman–Crippen MR) is 142 cm³/mol. The molecule has 0 saturated carbocycles. The minimum absolute atomic E-state index is 0.0134. The number of hydrogen-bond donors (Lipinski definition) is 2. The first-order valence-electron chi connectivity index (χ1n) is 12.3. The molecule has 1 heterocycles. The monoisotopic (exact) mass is 515 g/mol. The van der Waals surface area contributed by atoms with Gasteiger partial charge in [0.25, 0.3) is 11.7 Å². The summed E-state index contributed by atoms with van der Waals surface area (Å²) in [6.45, 7) is 6.43. The van der Waals surface area contributed by atoms with E-state index in [0.717, 1.165) is 0 Å². The van der Waals surface area contributed by atoms with Crippen LogP contribution in [0, 0.1) is 5.92 Å². The first-order valence-corrected chi connectivity index (χ1v) is 12.3. The summed E-state index contributed by atoms with van der Waals surface area (Å²) in [6.07, 6.45) is 0. The quantitative estimate of drug-likeness (QED) is 0.183. The van der Waals surface area contributed by atoms with Gasteiger partial charge in [-0.3, -0.25) is 14.5 Å². The van der Waals surface area contributed by atoms with E-state index in [1.54, 1.807) is 55.5 Å².